The van der Waals surface area contributed by atoms with Crippen LogP contribution in [0.5, 0.6) is 0 Å². The molecule has 0 aliphatic carbocycles. The minimum Gasteiger partial charge on any atom is -0.481 e. The van der Waals surface area contributed by atoms with Crippen LogP contribution in [0.4, 0.5) is 4.79 Å². The Morgan fingerprint density at radius 3 is 2.29 bits per heavy atom. The summed E-state index contributed by atoms with van der Waals surface area (Å²) in [7, 11) is 0. The molecule has 0 unspecified atom stereocenters. The molecular formula is C15H28N2O3S. The second-order valence-corrected chi connectivity index (χ2v) is 9.13. The molecule has 0 atom stereocenters. The highest BCUT2D eigenvalue weighted by molar-refractivity contribution is 8.00. The van der Waals surface area contributed by atoms with E-state index in [2.05, 4.69) is 19.2 Å². The number of thioether (sulfide) groups is 1. The van der Waals surface area contributed by atoms with E-state index in [1.165, 1.54) is 0 Å². The molecule has 2 N–H and O–H groups in total. The summed E-state index contributed by atoms with van der Waals surface area (Å²) in [5, 5.41) is 12.2. The maximum atomic E-state index is 12.5. The second-order valence-electron chi connectivity index (χ2n) is 7.33. The van der Waals surface area contributed by atoms with Gasteiger partial charge in [0.15, 0.2) is 0 Å². The van der Waals surface area contributed by atoms with E-state index in [1.54, 1.807) is 32.6 Å². The topological polar surface area (TPSA) is 69.6 Å². The fourth-order valence-corrected chi connectivity index (χ4v) is 3.09. The van der Waals surface area contributed by atoms with E-state index in [4.69, 9.17) is 0 Å². The van der Waals surface area contributed by atoms with Gasteiger partial charge in [-0.2, -0.15) is 11.8 Å². The third kappa shape index (κ3) is 4.28. The van der Waals surface area contributed by atoms with Crippen molar-refractivity contribution in [2.45, 2.75) is 58.2 Å². The molecule has 1 aliphatic rings. The zero-order chi connectivity index (χ0) is 16.5. The Morgan fingerprint density at radius 1 is 1.19 bits per heavy atom. The van der Waals surface area contributed by atoms with Crippen molar-refractivity contribution in [3.05, 3.63) is 0 Å². The van der Waals surface area contributed by atoms with Gasteiger partial charge in [0.05, 0.1) is 11.0 Å². The van der Waals surface area contributed by atoms with Crippen molar-refractivity contribution in [1.82, 2.24) is 10.2 Å². The smallest absolute Gasteiger partial charge is 0.317 e. The van der Waals surface area contributed by atoms with Crippen LogP contribution in [-0.2, 0) is 4.79 Å². The summed E-state index contributed by atoms with van der Waals surface area (Å²) >= 11 is 1.88. The summed E-state index contributed by atoms with van der Waals surface area (Å²) in [6, 6.07) is -0.173. The lowest BCUT2D eigenvalue weighted by Crippen LogP contribution is -2.59. The number of rotatable bonds is 3. The van der Waals surface area contributed by atoms with Crippen molar-refractivity contribution >= 4 is 23.8 Å². The van der Waals surface area contributed by atoms with Crippen LogP contribution in [0.15, 0.2) is 0 Å². The van der Waals surface area contributed by atoms with Crippen molar-refractivity contribution < 1.29 is 14.7 Å². The summed E-state index contributed by atoms with van der Waals surface area (Å²) in [6.07, 6.45) is 0.938. The number of carboxylic acids is 1. The van der Waals surface area contributed by atoms with Crippen LogP contribution < -0.4 is 5.32 Å². The standard InChI is InChI=1S/C15H28N2O3S/c1-13(2)7-8-17(9-10-21-13)12(20)16-15(5,6)14(3,4)11(18)19/h7-10H2,1-6H3,(H,16,20)(H,18,19). The molecule has 0 aromatic carbocycles. The van der Waals surface area contributed by atoms with Crippen molar-refractivity contribution in [2.75, 3.05) is 18.8 Å². The molecule has 1 fully saturated rings. The predicted molar refractivity (Wildman–Crippen MR) is 86.8 cm³/mol. The van der Waals surface area contributed by atoms with Crippen LogP contribution in [0.1, 0.15) is 48.0 Å². The number of hydrogen-bond acceptors (Lipinski definition) is 3. The van der Waals surface area contributed by atoms with Crippen molar-refractivity contribution in [3.8, 4) is 0 Å². The Bertz CT molecular complexity index is 419. The van der Waals surface area contributed by atoms with E-state index in [9.17, 15) is 14.7 Å². The molecule has 6 heteroatoms. The van der Waals surface area contributed by atoms with Gasteiger partial charge in [-0.1, -0.05) is 13.8 Å². The van der Waals surface area contributed by atoms with Gasteiger partial charge < -0.3 is 15.3 Å². The first-order chi connectivity index (χ1) is 9.39. The molecule has 0 bridgehead atoms. The first kappa shape index (κ1) is 18.1. The van der Waals surface area contributed by atoms with Gasteiger partial charge in [0.1, 0.15) is 0 Å². The quantitative estimate of drug-likeness (QED) is 0.840. The van der Waals surface area contributed by atoms with Crippen LogP contribution in [0, 0.1) is 5.41 Å². The Balaban J connectivity index is 2.74. The summed E-state index contributed by atoms with van der Waals surface area (Å²) < 4.78 is 0.185. The molecule has 122 valence electrons. The van der Waals surface area contributed by atoms with E-state index < -0.39 is 16.9 Å². The van der Waals surface area contributed by atoms with E-state index in [-0.39, 0.29) is 10.8 Å². The van der Waals surface area contributed by atoms with Crippen LogP contribution in [-0.4, -0.2) is 51.1 Å². The Morgan fingerprint density at radius 2 is 1.76 bits per heavy atom. The highest BCUT2D eigenvalue weighted by Gasteiger charge is 2.45. The van der Waals surface area contributed by atoms with Crippen LogP contribution in [0.2, 0.25) is 0 Å². The number of carbonyl (C=O) groups is 2. The molecule has 1 aliphatic heterocycles. The summed E-state index contributed by atoms with van der Waals surface area (Å²) in [5.41, 5.74) is -1.87. The Hall–Kier alpha value is -0.910. The SMILES string of the molecule is CC1(C)CCN(C(=O)NC(C)(C)C(C)(C)C(=O)O)CCS1. The predicted octanol–water partition coefficient (Wildman–Crippen LogP) is 2.80. The normalized spacial score (nSPS) is 19.8. The van der Waals surface area contributed by atoms with Crippen LogP contribution in [0.3, 0.4) is 0 Å². The second kappa shape index (κ2) is 6.07. The van der Waals surface area contributed by atoms with Gasteiger partial charge in [0, 0.05) is 23.6 Å². The number of nitrogens with zero attached hydrogens (tertiary/aromatic N) is 1. The van der Waals surface area contributed by atoms with Crippen LogP contribution >= 0.6 is 11.8 Å². The van der Waals surface area contributed by atoms with Gasteiger partial charge >= 0.3 is 12.0 Å². The average molecular weight is 316 g/mol. The molecule has 1 saturated heterocycles. The van der Waals surface area contributed by atoms with Crippen molar-refractivity contribution in [1.29, 1.82) is 0 Å². The molecule has 1 rings (SSSR count). The molecule has 0 aromatic heterocycles. The van der Waals surface area contributed by atoms with E-state index in [1.807, 2.05) is 11.8 Å². The number of nitrogens with one attached hydrogen (secondary N) is 1. The highest BCUT2D eigenvalue weighted by atomic mass is 32.2. The third-order valence-corrected chi connectivity index (χ3v) is 6.01. The zero-order valence-electron chi connectivity index (χ0n) is 13.9. The lowest BCUT2D eigenvalue weighted by atomic mass is 9.74. The first-order valence-electron chi connectivity index (χ1n) is 7.33. The maximum absolute atomic E-state index is 12.5. The van der Waals surface area contributed by atoms with Crippen molar-refractivity contribution in [3.63, 3.8) is 0 Å². The Kier molecular flexibility index (Phi) is 5.24. The minimum absolute atomic E-state index is 0.173. The number of urea groups is 1. The molecule has 2 amide bonds. The highest BCUT2D eigenvalue weighted by Crippen LogP contribution is 2.32. The molecule has 0 saturated carbocycles. The number of carboxylic acid groups (broad SMARTS) is 1. The van der Waals surface area contributed by atoms with Gasteiger partial charge in [-0.3, -0.25) is 4.79 Å². The lowest BCUT2D eigenvalue weighted by molar-refractivity contribution is -0.150. The van der Waals surface area contributed by atoms with Crippen LogP contribution in [0.25, 0.3) is 0 Å². The average Bonchev–Trinajstić information content (AvgIpc) is 2.49. The summed E-state index contributed by atoms with van der Waals surface area (Å²) in [6.45, 7) is 12.6. The van der Waals surface area contributed by atoms with Crippen molar-refractivity contribution in [2.24, 2.45) is 5.41 Å². The van der Waals surface area contributed by atoms with E-state index in [0.717, 1.165) is 12.2 Å². The molecular weight excluding hydrogens is 288 g/mol. The third-order valence-electron chi connectivity index (χ3n) is 4.64. The van der Waals surface area contributed by atoms with Gasteiger partial charge in [0.25, 0.3) is 0 Å². The molecule has 5 nitrogen and oxygen atoms in total. The van der Waals surface area contributed by atoms with Gasteiger partial charge in [-0.05, 0) is 34.1 Å². The minimum atomic E-state index is -1.04. The monoisotopic (exact) mass is 316 g/mol. The van der Waals surface area contributed by atoms with Gasteiger partial charge in [-0.15, -0.1) is 0 Å². The fourth-order valence-electron chi connectivity index (χ4n) is 1.99. The Labute approximate surface area is 131 Å². The number of carbonyl (C=O) groups excluding carboxylic acids is 1. The fraction of sp³-hybridized carbons (Fsp3) is 0.867. The maximum Gasteiger partial charge on any atom is 0.317 e. The summed E-state index contributed by atoms with van der Waals surface area (Å²) in [5.74, 6) is -0.0104. The van der Waals surface area contributed by atoms with E-state index >= 15 is 0 Å². The van der Waals surface area contributed by atoms with Gasteiger partial charge in [0.2, 0.25) is 0 Å². The first-order valence-corrected chi connectivity index (χ1v) is 8.32. The largest absolute Gasteiger partial charge is 0.481 e. The molecule has 0 aromatic rings. The van der Waals surface area contributed by atoms with E-state index in [0.29, 0.717) is 13.1 Å². The lowest BCUT2D eigenvalue weighted by Gasteiger charge is -2.40. The number of aliphatic carboxylic acids is 1. The molecule has 0 spiro atoms. The van der Waals surface area contributed by atoms with Gasteiger partial charge in [-0.25, -0.2) is 4.79 Å². The summed E-state index contributed by atoms with van der Waals surface area (Å²) in [4.78, 5) is 25.6. The number of amides is 2. The molecule has 21 heavy (non-hydrogen) atoms. The molecule has 1 heterocycles. The zero-order valence-corrected chi connectivity index (χ0v) is 14.8. The number of hydrogen-bond donors (Lipinski definition) is 2. The molecule has 0 radical (unpaired) electrons.